The molecule has 0 radical (unpaired) electrons. The highest BCUT2D eigenvalue weighted by Gasteiger charge is 2.16. The molecule has 7 nitrogen and oxygen atoms in total. The molecule has 18 heavy (non-hydrogen) atoms. The lowest BCUT2D eigenvalue weighted by Gasteiger charge is -2.10. The van der Waals surface area contributed by atoms with Crippen molar-refractivity contribution in [2.24, 2.45) is 9.50 Å². The first kappa shape index (κ1) is 14.5. The van der Waals surface area contributed by atoms with E-state index in [2.05, 4.69) is 22.1 Å². The summed E-state index contributed by atoms with van der Waals surface area (Å²) in [5.41, 5.74) is -0.0259. The van der Waals surface area contributed by atoms with E-state index in [0.717, 1.165) is 0 Å². The van der Waals surface area contributed by atoms with Crippen LogP contribution in [0.2, 0.25) is 0 Å². The van der Waals surface area contributed by atoms with Crippen LogP contribution in [-0.2, 0) is 22.4 Å². The molecule has 0 aliphatic heterocycles. The van der Waals surface area contributed by atoms with E-state index in [9.17, 15) is 13.2 Å². The first-order valence-corrected chi connectivity index (χ1v) is 6.73. The summed E-state index contributed by atoms with van der Waals surface area (Å²) in [6, 6.07) is 3.15. The first-order chi connectivity index (χ1) is 8.38. The number of ether oxygens (including phenoxy) is 1. The Morgan fingerprint density at radius 3 is 2.72 bits per heavy atom. The van der Waals surface area contributed by atoms with Crippen molar-refractivity contribution < 1.29 is 17.9 Å². The summed E-state index contributed by atoms with van der Waals surface area (Å²) in [6.45, 7) is 2.16. The molecule has 2 amide bonds. The van der Waals surface area contributed by atoms with Gasteiger partial charge in [-0.25, -0.2) is 18.4 Å². The molecule has 0 fully saturated rings. The van der Waals surface area contributed by atoms with E-state index < -0.39 is 16.1 Å². The maximum Gasteiger partial charge on any atom is 0.356 e. The van der Waals surface area contributed by atoms with Crippen LogP contribution >= 0.6 is 0 Å². The van der Waals surface area contributed by atoms with Crippen molar-refractivity contribution in [3.05, 3.63) is 18.2 Å². The molecule has 0 atom stereocenters. The maximum absolute atomic E-state index is 11.3. The van der Waals surface area contributed by atoms with E-state index in [0.29, 0.717) is 12.4 Å². The van der Waals surface area contributed by atoms with Crippen LogP contribution in [0.5, 0.6) is 5.75 Å². The van der Waals surface area contributed by atoms with Gasteiger partial charge in [-0.3, -0.25) is 0 Å². The summed E-state index contributed by atoms with van der Waals surface area (Å²) < 4.78 is 30.8. The second kappa shape index (κ2) is 5.85. The molecule has 0 aromatic heterocycles. The fourth-order valence-corrected chi connectivity index (χ4v) is 1.97. The van der Waals surface area contributed by atoms with Crippen LogP contribution in [0.25, 0.3) is 0 Å². The fourth-order valence-electron chi connectivity index (χ4n) is 1.25. The number of nitrogens with two attached hydrogens (primary N) is 1. The second-order valence-corrected chi connectivity index (χ2v) is 4.87. The van der Waals surface area contributed by atoms with Crippen molar-refractivity contribution in [2.75, 3.05) is 11.9 Å². The molecular formula is C9H11N3O4S2. The number of benzene rings is 1. The van der Waals surface area contributed by atoms with Crippen molar-refractivity contribution in [3.63, 3.8) is 0 Å². The Kier molecular flexibility index (Phi) is 4.70. The lowest BCUT2D eigenvalue weighted by molar-refractivity contribution is 0.260. The number of primary sulfonamides is 1. The maximum atomic E-state index is 11.3. The Bertz CT molecular complexity index is 571. The van der Waals surface area contributed by atoms with Crippen LogP contribution in [0.3, 0.4) is 0 Å². The number of hydrogen-bond acceptors (Lipinski definition) is 5. The standard InChI is InChI=1S/C9H11N3O4S2/c1-2-16-6-3-4-8(18(10,14)15)7(5-6)11-9(13)12-17/h3-5H,2H2,1H3,(H,11,13)(H2,10,14,15). The summed E-state index contributed by atoms with van der Waals surface area (Å²) in [4.78, 5) is 10.8. The minimum atomic E-state index is -3.96. The number of amides is 2. The molecule has 0 saturated heterocycles. The average Bonchev–Trinajstić information content (AvgIpc) is 2.28. The van der Waals surface area contributed by atoms with Gasteiger partial charge in [0.05, 0.1) is 12.3 Å². The van der Waals surface area contributed by atoms with E-state index in [1.165, 1.54) is 18.2 Å². The first-order valence-electron chi connectivity index (χ1n) is 4.82. The van der Waals surface area contributed by atoms with Crippen LogP contribution in [0, 0.1) is 0 Å². The zero-order chi connectivity index (χ0) is 13.8. The van der Waals surface area contributed by atoms with Gasteiger partial charge in [-0.2, -0.15) is 0 Å². The third kappa shape index (κ3) is 3.72. The Balaban J connectivity index is 3.26. The minimum Gasteiger partial charge on any atom is -0.494 e. The van der Waals surface area contributed by atoms with Gasteiger partial charge in [-0.15, -0.1) is 4.36 Å². The number of urea groups is 1. The van der Waals surface area contributed by atoms with Gasteiger partial charge < -0.3 is 10.1 Å². The van der Waals surface area contributed by atoms with E-state index in [4.69, 9.17) is 9.88 Å². The lowest BCUT2D eigenvalue weighted by atomic mass is 10.3. The summed E-state index contributed by atoms with van der Waals surface area (Å²) in [5, 5.41) is 7.24. The quantitative estimate of drug-likeness (QED) is 0.858. The number of nitrogens with one attached hydrogen (secondary N) is 1. The molecular weight excluding hydrogens is 278 g/mol. The van der Waals surface area contributed by atoms with Crippen molar-refractivity contribution >= 4 is 34.2 Å². The summed E-state index contributed by atoms with van der Waals surface area (Å²) in [5.74, 6) is 0.393. The van der Waals surface area contributed by atoms with Gasteiger partial charge in [0, 0.05) is 18.5 Å². The molecule has 9 heteroatoms. The van der Waals surface area contributed by atoms with Crippen molar-refractivity contribution in [2.45, 2.75) is 11.8 Å². The minimum absolute atomic E-state index is 0.0259. The topological polar surface area (TPSA) is 111 Å². The summed E-state index contributed by atoms with van der Waals surface area (Å²) in [7, 11) is -3.96. The molecule has 0 saturated carbocycles. The number of carbonyl (C=O) groups is 1. The Hall–Kier alpha value is -1.58. The van der Waals surface area contributed by atoms with Gasteiger partial charge in [-0.05, 0) is 19.1 Å². The normalized spacial score (nSPS) is 10.8. The Morgan fingerprint density at radius 2 is 2.22 bits per heavy atom. The predicted octanol–water partition coefficient (Wildman–Crippen LogP) is 0.995. The van der Waals surface area contributed by atoms with Gasteiger partial charge in [0.25, 0.3) is 0 Å². The van der Waals surface area contributed by atoms with Crippen molar-refractivity contribution in [3.8, 4) is 5.75 Å². The molecule has 3 N–H and O–H groups in total. The number of carbonyl (C=O) groups excluding carboxylic acids is 1. The van der Waals surface area contributed by atoms with Gasteiger partial charge in [0.2, 0.25) is 10.0 Å². The Labute approximate surface area is 110 Å². The van der Waals surface area contributed by atoms with E-state index in [1.807, 2.05) is 0 Å². The molecule has 0 spiro atoms. The predicted molar refractivity (Wildman–Crippen MR) is 67.8 cm³/mol. The van der Waals surface area contributed by atoms with Crippen LogP contribution in [0.15, 0.2) is 27.5 Å². The number of nitrogens with zero attached hydrogens (tertiary/aromatic N) is 1. The third-order valence-corrected chi connectivity index (χ3v) is 3.03. The van der Waals surface area contributed by atoms with Crippen LogP contribution in [0.4, 0.5) is 10.5 Å². The largest absolute Gasteiger partial charge is 0.494 e. The highest BCUT2D eigenvalue weighted by atomic mass is 32.2. The summed E-state index contributed by atoms with van der Waals surface area (Å²) >= 11 is 4.20. The summed E-state index contributed by atoms with van der Waals surface area (Å²) in [6.07, 6.45) is 0. The zero-order valence-electron chi connectivity index (χ0n) is 9.41. The number of rotatable bonds is 4. The van der Waals surface area contributed by atoms with Gasteiger partial charge >= 0.3 is 6.03 Å². The van der Waals surface area contributed by atoms with E-state index >= 15 is 0 Å². The monoisotopic (exact) mass is 289 g/mol. The number of hydrogen-bond donors (Lipinski definition) is 2. The van der Waals surface area contributed by atoms with Crippen molar-refractivity contribution in [1.82, 2.24) is 0 Å². The van der Waals surface area contributed by atoms with Crippen molar-refractivity contribution in [1.29, 1.82) is 0 Å². The van der Waals surface area contributed by atoms with Gasteiger partial charge in [-0.1, -0.05) is 0 Å². The molecule has 0 unspecified atom stereocenters. The lowest BCUT2D eigenvalue weighted by Crippen LogP contribution is -2.16. The molecule has 1 aromatic carbocycles. The second-order valence-electron chi connectivity index (χ2n) is 3.16. The molecule has 0 aliphatic rings. The number of anilines is 1. The molecule has 0 bridgehead atoms. The van der Waals surface area contributed by atoms with Crippen LogP contribution in [0.1, 0.15) is 6.92 Å². The SMILES string of the molecule is CCOc1ccc(S(N)(=O)=O)c(NC(=O)N=S)c1. The van der Waals surface area contributed by atoms with E-state index in [1.54, 1.807) is 6.92 Å². The molecule has 98 valence electrons. The van der Waals surface area contributed by atoms with Gasteiger partial charge in [0.15, 0.2) is 0 Å². The molecule has 0 heterocycles. The van der Waals surface area contributed by atoms with Gasteiger partial charge in [0.1, 0.15) is 10.6 Å². The molecule has 1 rings (SSSR count). The zero-order valence-corrected chi connectivity index (χ0v) is 11.0. The number of sulfonamides is 1. The molecule has 0 aliphatic carbocycles. The van der Waals surface area contributed by atoms with E-state index in [-0.39, 0.29) is 10.6 Å². The average molecular weight is 289 g/mol. The van der Waals surface area contributed by atoms with Crippen LogP contribution in [-0.4, -0.2) is 21.1 Å². The molecule has 1 aromatic rings. The Morgan fingerprint density at radius 1 is 1.56 bits per heavy atom. The third-order valence-electron chi connectivity index (χ3n) is 1.89. The van der Waals surface area contributed by atoms with Crippen LogP contribution < -0.4 is 15.2 Å². The smallest absolute Gasteiger partial charge is 0.356 e. The highest BCUT2D eigenvalue weighted by molar-refractivity contribution is 7.89. The fraction of sp³-hybridized carbons (Fsp3) is 0.222. The highest BCUT2D eigenvalue weighted by Crippen LogP contribution is 2.25.